The molecule has 17 heavy (non-hydrogen) atoms. The first kappa shape index (κ1) is 11.3. The third-order valence-electron chi connectivity index (χ3n) is 2.47. The van der Waals surface area contributed by atoms with Crippen LogP contribution in [0.2, 0.25) is 0 Å². The number of aromatic carboxylic acids is 1. The number of carboxylic acids is 1. The van der Waals surface area contributed by atoms with Gasteiger partial charge in [0, 0.05) is 0 Å². The molecule has 0 saturated carbocycles. The standard InChI is InChI=1S/C14H10FO2/c1-9-4-2-3-5-13(9)10-6-11(14(16)17)8-12(15)7-10/h2-8H,1H2,(H,16,17). The Balaban J connectivity index is 2.60. The van der Waals surface area contributed by atoms with E-state index in [2.05, 4.69) is 6.92 Å². The minimum Gasteiger partial charge on any atom is -0.478 e. The van der Waals surface area contributed by atoms with Gasteiger partial charge in [-0.05, 0) is 41.8 Å². The van der Waals surface area contributed by atoms with E-state index >= 15 is 0 Å². The number of halogens is 1. The van der Waals surface area contributed by atoms with Gasteiger partial charge in [0.05, 0.1) is 5.56 Å². The van der Waals surface area contributed by atoms with Crippen molar-refractivity contribution in [1.82, 2.24) is 0 Å². The van der Waals surface area contributed by atoms with Crippen LogP contribution in [0.5, 0.6) is 0 Å². The summed E-state index contributed by atoms with van der Waals surface area (Å²) < 4.78 is 13.3. The van der Waals surface area contributed by atoms with Crippen LogP contribution >= 0.6 is 0 Å². The molecule has 0 heterocycles. The summed E-state index contributed by atoms with van der Waals surface area (Å²) in [7, 11) is 0. The number of hydrogen-bond donors (Lipinski definition) is 1. The summed E-state index contributed by atoms with van der Waals surface area (Å²) in [6.45, 7) is 3.83. The highest BCUT2D eigenvalue weighted by Crippen LogP contribution is 2.25. The van der Waals surface area contributed by atoms with E-state index in [4.69, 9.17) is 5.11 Å². The summed E-state index contributed by atoms with van der Waals surface area (Å²) in [6, 6.07) is 10.9. The van der Waals surface area contributed by atoms with Crippen molar-refractivity contribution in [1.29, 1.82) is 0 Å². The molecule has 0 aliphatic heterocycles. The fourth-order valence-electron chi connectivity index (χ4n) is 1.67. The van der Waals surface area contributed by atoms with Crippen molar-refractivity contribution in [3.63, 3.8) is 0 Å². The van der Waals surface area contributed by atoms with E-state index in [1.165, 1.54) is 12.1 Å². The Kier molecular flexibility index (Phi) is 2.91. The first-order chi connectivity index (χ1) is 8.08. The van der Waals surface area contributed by atoms with Crippen molar-refractivity contribution in [2.24, 2.45) is 0 Å². The maximum Gasteiger partial charge on any atom is 0.335 e. The summed E-state index contributed by atoms with van der Waals surface area (Å²) >= 11 is 0. The molecule has 0 spiro atoms. The Morgan fingerprint density at radius 3 is 2.53 bits per heavy atom. The van der Waals surface area contributed by atoms with Gasteiger partial charge in [0.25, 0.3) is 0 Å². The van der Waals surface area contributed by atoms with Crippen LogP contribution in [0.15, 0.2) is 42.5 Å². The van der Waals surface area contributed by atoms with E-state index in [0.717, 1.165) is 17.2 Å². The van der Waals surface area contributed by atoms with Gasteiger partial charge in [-0.3, -0.25) is 0 Å². The van der Waals surface area contributed by atoms with Crippen LogP contribution in [-0.4, -0.2) is 11.1 Å². The molecule has 3 heteroatoms. The lowest BCUT2D eigenvalue weighted by atomic mass is 9.99. The normalized spacial score (nSPS) is 10.2. The van der Waals surface area contributed by atoms with E-state index in [9.17, 15) is 9.18 Å². The molecular weight excluding hydrogens is 219 g/mol. The van der Waals surface area contributed by atoms with E-state index in [-0.39, 0.29) is 5.56 Å². The molecule has 2 aromatic carbocycles. The molecule has 0 bridgehead atoms. The van der Waals surface area contributed by atoms with Crippen molar-refractivity contribution in [2.75, 3.05) is 0 Å². The van der Waals surface area contributed by atoms with Crippen LogP contribution in [-0.2, 0) is 0 Å². The molecule has 2 nitrogen and oxygen atoms in total. The van der Waals surface area contributed by atoms with Crippen LogP contribution in [0.4, 0.5) is 4.39 Å². The summed E-state index contributed by atoms with van der Waals surface area (Å²) in [4.78, 5) is 10.8. The van der Waals surface area contributed by atoms with Crippen molar-refractivity contribution in [3.05, 3.63) is 66.3 Å². The number of hydrogen-bond acceptors (Lipinski definition) is 1. The predicted octanol–water partition coefficient (Wildman–Crippen LogP) is 3.37. The van der Waals surface area contributed by atoms with Gasteiger partial charge < -0.3 is 5.11 Å². The number of carboxylic acid groups (broad SMARTS) is 1. The maximum absolute atomic E-state index is 13.3. The Bertz CT molecular complexity index is 576. The van der Waals surface area contributed by atoms with Crippen LogP contribution in [0.25, 0.3) is 11.1 Å². The molecule has 0 amide bonds. The first-order valence-corrected chi connectivity index (χ1v) is 5.03. The molecule has 2 aromatic rings. The van der Waals surface area contributed by atoms with Gasteiger partial charge in [-0.25, -0.2) is 9.18 Å². The Morgan fingerprint density at radius 2 is 1.88 bits per heavy atom. The highest BCUT2D eigenvalue weighted by atomic mass is 19.1. The molecule has 0 atom stereocenters. The predicted molar refractivity (Wildman–Crippen MR) is 63.3 cm³/mol. The minimum absolute atomic E-state index is 0.0664. The summed E-state index contributed by atoms with van der Waals surface area (Å²) in [5.74, 6) is -1.71. The second-order valence-electron chi connectivity index (χ2n) is 3.69. The molecule has 85 valence electrons. The summed E-state index contributed by atoms with van der Waals surface area (Å²) in [5.41, 5.74) is 1.92. The second-order valence-corrected chi connectivity index (χ2v) is 3.69. The molecule has 0 unspecified atom stereocenters. The monoisotopic (exact) mass is 229 g/mol. The average molecular weight is 229 g/mol. The maximum atomic E-state index is 13.3. The highest BCUT2D eigenvalue weighted by molar-refractivity contribution is 5.89. The van der Waals surface area contributed by atoms with E-state index in [0.29, 0.717) is 5.56 Å². The second kappa shape index (κ2) is 4.37. The topological polar surface area (TPSA) is 37.3 Å². The third kappa shape index (κ3) is 2.33. The van der Waals surface area contributed by atoms with Gasteiger partial charge in [0.1, 0.15) is 5.82 Å². The number of carbonyl (C=O) groups is 1. The van der Waals surface area contributed by atoms with Gasteiger partial charge in [-0.1, -0.05) is 24.3 Å². The zero-order chi connectivity index (χ0) is 12.4. The zero-order valence-electron chi connectivity index (χ0n) is 8.98. The molecule has 1 radical (unpaired) electrons. The van der Waals surface area contributed by atoms with Gasteiger partial charge in [-0.2, -0.15) is 0 Å². The molecular formula is C14H10FO2. The van der Waals surface area contributed by atoms with Crippen LogP contribution in [0.3, 0.4) is 0 Å². The molecule has 2 rings (SSSR count). The van der Waals surface area contributed by atoms with Gasteiger partial charge in [-0.15, -0.1) is 0 Å². The molecule has 0 fully saturated rings. The Hall–Kier alpha value is -2.16. The van der Waals surface area contributed by atoms with Crippen LogP contribution < -0.4 is 0 Å². The fourth-order valence-corrected chi connectivity index (χ4v) is 1.67. The number of rotatable bonds is 2. The smallest absolute Gasteiger partial charge is 0.335 e. The van der Waals surface area contributed by atoms with Crippen molar-refractivity contribution >= 4 is 5.97 Å². The first-order valence-electron chi connectivity index (χ1n) is 5.03. The molecule has 0 aromatic heterocycles. The summed E-state index contributed by atoms with van der Waals surface area (Å²) in [6.07, 6.45) is 0. The van der Waals surface area contributed by atoms with E-state index < -0.39 is 11.8 Å². The summed E-state index contributed by atoms with van der Waals surface area (Å²) in [5, 5.41) is 8.87. The fraction of sp³-hybridized carbons (Fsp3) is 0. The quantitative estimate of drug-likeness (QED) is 0.857. The minimum atomic E-state index is -1.15. The highest BCUT2D eigenvalue weighted by Gasteiger charge is 2.09. The Morgan fingerprint density at radius 1 is 1.18 bits per heavy atom. The lowest BCUT2D eigenvalue weighted by molar-refractivity contribution is 0.0696. The average Bonchev–Trinajstić information content (AvgIpc) is 2.28. The molecule has 0 aliphatic rings. The molecule has 0 aliphatic carbocycles. The largest absolute Gasteiger partial charge is 0.478 e. The number of benzene rings is 2. The van der Waals surface area contributed by atoms with Gasteiger partial charge in [0.2, 0.25) is 0 Å². The van der Waals surface area contributed by atoms with Crippen molar-refractivity contribution in [3.8, 4) is 11.1 Å². The van der Waals surface area contributed by atoms with E-state index in [1.807, 2.05) is 6.07 Å². The van der Waals surface area contributed by atoms with Gasteiger partial charge in [0.15, 0.2) is 0 Å². The third-order valence-corrected chi connectivity index (χ3v) is 2.47. The molecule has 0 saturated heterocycles. The lowest BCUT2D eigenvalue weighted by Crippen LogP contribution is -1.98. The SMILES string of the molecule is [CH2]c1ccccc1-c1cc(F)cc(C(=O)O)c1. The Labute approximate surface area is 98.3 Å². The van der Waals surface area contributed by atoms with Crippen molar-refractivity contribution in [2.45, 2.75) is 0 Å². The lowest BCUT2D eigenvalue weighted by Gasteiger charge is -2.07. The zero-order valence-corrected chi connectivity index (χ0v) is 8.98. The van der Waals surface area contributed by atoms with Crippen LogP contribution in [0.1, 0.15) is 15.9 Å². The van der Waals surface area contributed by atoms with Crippen LogP contribution in [0, 0.1) is 12.7 Å². The van der Waals surface area contributed by atoms with Gasteiger partial charge >= 0.3 is 5.97 Å². The van der Waals surface area contributed by atoms with Crippen molar-refractivity contribution < 1.29 is 14.3 Å². The molecule has 1 N–H and O–H groups in total. The van der Waals surface area contributed by atoms with E-state index in [1.54, 1.807) is 18.2 Å².